The maximum absolute atomic E-state index is 6.44. The zero-order valence-corrected chi connectivity index (χ0v) is 20.9. The van der Waals surface area contributed by atoms with Gasteiger partial charge in [0.1, 0.15) is 5.84 Å². The number of fused-ring (bicyclic) bond motifs is 1. The zero-order valence-electron chi connectivity index (χ0n) is 20.0. The van der Waals surface area contributed by atoms with Crippen LogP contribution >= 0.6 is 7.92 Å². The Hall–Kier alpha value is -4.26. The first kappa shape index (κ1) is 23.5. The second-order valence-corrected chi connectivity index (χ2v) is 10.6. The lowest BCUT2D eigenvalue weighted by molar-refractivity contribution is 1.49. The van der Waals surface area contributed by atoms with Crippen molar-refractivity contribution in [1.29, 1.82) is 0 Å². The molecule has 3 heteroatoms. The zero-order chi connectivity index (χ0) is 24.7. The van der Waals surface area contributed by atoms with Crippen LogP contribution in [0.25, 0.3) is 16.3 Å². The molecule has 0 aliphatic heterocycles. The molecule has 2 nitrogen and oxygen atoms in total. The fourth-order valence-corrected chi connectivity index (χ4v) is 6.62. The van der Waals surface area contributed by atoms with E-state index in [1.165, 1.54) is 21.3 Å². The van der Waals surface area contributed by atoms with Gasteiger partial charge in [0, 0.05) is 5.57 Å². The summed E-state index contributed by atoms with van der Waals surface area (Å²) < 4.78 is 0. The van der Waals surface area contributed by atoms with Crippen molar-refractivity contribution in [1.82, 2.24) is 0 Å². The number of nitrogens with two attached hydrogens (primary N) is 1. The Morgan fingerprint density at radius 1 is 0.639 bits per heavy atom. The molecule has 174 valence electrons. The summed E-state index contributed by atoms with van der Waals surface area (Å²) in [6.07, 6.45) is 3.64. The number of aliphatic imine (C=N–C) groups is 1. The summed E-state index contributed by atoms with van der Waals surface area (Å²) in [6.45, 7) is 3.84. The maximum atomic E-state index is 6.44. The second kappa shape index (κ2) is 11.0. The highest BCUT2D eigenvalue weighted by Gasteiger charge is 2.16. The standard InChI is InChI=1S/C33H27N2P/c1-2-12-32(25-13-6-3-7-14-25)33(34)35-28-21-19-27-24-31(22-20-26(27)23-28)36(29-15-8-4-9-16-29)30-17-10-5-11-18-30/h2-24H,1H2,(H2,34,35)/b32-12-. The van der Waals surface area contributed by atoms with Gasteiger partial charge in [-0.3, -0.25) is 0 Å². The molecule has 0 aliphatic rings. The first-order chi connectivity index (χ1) is 17.7. The van der Waals surface area contributed by atoms with E-state index in [1.54, 1.807) is 6.08 Å². The average Bonchev–Trinajstić information content (AvgIpc) is 2.93. The molecule has 0 saturated carbocycles. The van der Waals surface area contributed by atoms with Gasteiger partial charge in [0.15, 0.2) is 0 Å². The van der Waals surface area contributed by atoms with Gasteiger partial charge in [0.05, 0.1) is 5.69 Å². The first-order valence-electron chi connectivity index (χ1n) is 11.9. The molecule has 0 radical (unpaired) electrons. The molecule has 0 atom stereocenters. The normalized spacial score (nSPS) is 12.1. The summed E-state index contributed by atoms with van der Waals surface area (Å²) in [6, 6.07) is 44.6. The van der Waals surface area contributed by atoms with Crippen molar-refractivity contribution in [3.05, 3.63) is 152 Å². The summed E-state index contributed by atoms with van der Waals surface area (Å²) in [5.41, 5.74) is 9.14. The van der Waals surface area contributed by atoms with Gasteiger partial charge >= 0.3 is 0 Å². The molecule has 0 aliphatic carbocycles. The Kier molecular flexibility index (Phi) is 7.17. The number of rotatable bonds is 7. The Balaban J connectivity index is 1.51. The van der Waals surface area contributed by atoms with Crippen LogP contribution in [0.3, 0.4) is 0 Å². The van der Waals surface area contributed by atoms with Crippen LogP contribution in [0, 0.1) is 0 Å². The minimum absolute atomic E-state index is 0.466. The lowest BCUT2D eigenvalue weighted by atomic mass is 10.0. The van der Waals surface area contributed by atoms with Crippen molar-refractivity contribution >= 4 is 51.7 Å². The molecule has 0 aromatic heterocycles. The molecule has 2 N–H and O–H groups in total. The molecular weight excluding hydrogens is 455 g/mol. The van der Waals surface area contributed by atoms with E-state index in [9.17, 15) is 0 Å². The largest absolute Gasteiger partial charge is 0.383 e. The topological polar surface area (TPSA) is 38.4 Å². The number of hydrogen-bond acceptors (Lipinski definition) is 1. The van der Waals surface area contributed by atoms with Crippen LogP contribution in [-0.2, 0) is 0 Å². The highest BCUT2D eigenvalue weighted by atomic mass is 31.1. The summed E-state index contributed by atoms with van der Waals surface area (Å²) in [5, 5.41) is 6.34. The van der Waals surface area contributed by atoms with Crippen LogP contribution in [0.4, 0.5) is 5.69 Å². The van der Waals surface area contributed by atoms with Gasteiger partial charge in [-0.1, -0.05) is 128 Å². The SMILES string of the molecule is C=C/C=C(\C(N)=Nc1ccc2cc(P(c3ccccc3)c3ccccc3)ccc2c1)c1ccccc1. The predicted octanol–water partition coefficient (Wildman–Crippen LogP) is 6.86. The lowest BCUT2D eigenvalue weighted by Gasteiger charge is -2.19. The summed E-state index contributed by atoms with van der Waals surface area (Å²) in [7, 11) is -0.644. The lowest BCUT2D eigenvalue weighted by Crippen LogP contribution is -2.20. The van der Waals surface area contributed by atoms with E-state index < -0.39 is 7.92 Å². The molecule has 0 amide bonds. The smallest absolute Gasteiger partial charge is 0.131 e. The maximum Gasteiger partial charge on any atom is 0.131 e. The Labute approximate surface area is 213 Å². The number of amidine groups is 1. The van der Waals surface area contributed by atoms with Crippen molar-refractivity contribution < 1.29 is 0 Å². The molecule has 0 heterocycles. The van der Waals surface area contributed by atoms with E-state index in [-0.39, 0.29) is 0 Å². The third kappa shape index (κ3) is 5.20. The van der Waals surface area contributed by atoms with Gasteiger partial charge in [-0.2, -0.15) is 0 Å². The van der Waals surface area contributed by atoms with Crippen LogP contribution in [0.2, 0.25) is 0 Å². The molecule has 5 aromatic rings. The Morgan fingerprint density at radius 2 is 1.19 bits per heavy atom. The Bertz CT molecular complexity index is 1500. The van der Waals surface area contributed by atoms with E-state index in [0.717, 1.165) is 22.2 Å². The van der Waals surface area contributed by atoms with Gasteiger partial charge in [-0.25, -0.2) is 4.99 Å². The minimum atomic E-state index is -0.644. The predicted molar refractivity (Wildman–Crippen MR) is 159 cm³/mol. The van der Waals surface area contributed by atoms with Crippen LogP contribution in [0.1, 0.15) is 5.56 Å². The summed E-state index contributed by atoms with van der Waals surface area (Å²) in [5.74, 6) is 0.466. The average molecular weight is 483 g/mol. The number of benzene rings is 5. The number of nitrogens with zero attached hydrogens (tertiary/aromatic N) is 1. The summed E-state index contributed by atoms with van der Waals surface area (Å²) >= 11 is 0. The molecule has 36 heavy (non-hydrogen) atoms. The molecule has 0 fully saturated rings. The van der Waals surface area contributed by atoms with Gasteiger partial charge in [0.25, 0.3) is 0 Å². The molecule has 0 unspecified atom stereocenters. The molecule has 0 bridgehead atoms. The van der Waals surface area contributed by atoms with Gasteiger partial charge in [0.2, 0.25) is 0 Å². The van der Waals surface area contributed by atoms with Crippen LogP contribution in [0.15, 0.2) is 151 Å². The minimum Gasteiger partial charge on any atom is -0.383 e. The molecular formula is C33H27N2P. The van der Waals surface area contributed by atoms with E-state index in [2.05, 4.69) is 97.6 Å². The molecule has 0 saturated heterocycles. The van der Waals surface area contributed by atoms with Crippen molar-refractivity contribution in [3.63, 3.8) is 0 Å². The van der Waals surface area contributed by atoms with Gasteiger partial charge in [-0.05, 0) is 58.4 Å². The van der Waals surface area contributed by atoms with E-state index in [0.29, 0.717) is 5.84 Å². The monoisotopic (exact) mass is 482 g/mol. The fourth-order valence-electron chi connectivity index (χ4n) is 4.29. The van der Waals surface area contributed by atoms with Crippen LogP contribution in [-0.4, -0.2) is 5.84 Å². The number of allylic oxidation sites excluding steroid dienone is 2. The third-order valence-electron chi connectivity index (χ3n) is 5.99. The molecule has 5 rings (SSSR count). The fraction of sp³-hybridized carbons (Fsp3) is 0. The van der Waals surface area contributed by atoms with Gasteiger partial charge < -0.3 is 5.73 Å². The van der Waals surface area contributed by atoms with Crippen molar-refractivity contribution in [2.24, 2.45) is 10.7 Å². The molecule has 0 spiro atoms. The highest BCUT2D eigenvalue weighted by Crippen LogP contribution is 2.34. The third-order valence-corrected chi connectivity index (χ3v) is 8.41. The van der Waals surface area contributed by atoms with Crippen molar-refractivity contribution in [3.8, 4) is 0 Å². The van der Waals surface area contributed by atoms with Crippen molar-refractivity contribution in [2.45, 2.75) is 0 Å². The van der Waals surface area contributed by atoms with E-state index in [1.807, 2.05) is 42.5 Å². The second-order valence-electron chi connectivity index (χ2n) is 8.40. The van der Waals surface area contributed by atoms with E-state index >= 15 is 0 Å². The van der Waals surface area contributed by atoms with Crippen molar-refractivity contribution in [2.75, 3.05) is 0 Å². The van der Waals surface area contributed by atoms with Crippen LogP contribution in [0.5, 0.6) is 0 Å². The van der Waals surface area contributed by atoms with E-state index in [4.69, 9.17) is 10.7 Å². The molecule has 5 aromatic carbocycles. The van der Waals surface area contributed by atoms with Gasteiger partial charge in [-0.15, -0.1) is 0 Å². The highest BCUT2D eigenvalue weighted by molar-refractivity contribution is 7.79. The summed E-state index contributed by atoms with van der Waals surface area (Å²) in [4.78, 5) is 4.74. The van der Waals surface area contributed by atoms with Crippen LogP contribution < -0.4 is 21.6 Å². The quantitative estimate of drug-likeness (QED) is 0.117. The number of hydrogen-bond donors (Lipinski definition) is 1. The first-order valence-corrected chi connectivity index (χ1v) is 13.2. The Morgan fingerprint density at radius 3 is 1.81 bits per heavy atom.